The fourth-order valence-corrected chi connectivity index (χ4v) is 2.98. The first-order chi connectivity index (χ1) is 10.0. The van der Waals surface area contributed by atoms with Crippen LogP contribution < -0.4 is 10.6 Å². The topological polar surface area (TPSA) is 50.4 Å². The number of hydrogen-bond acceptors (Lipinski definition) is 3. The number of rotatable bonds is 6. The summed E-state index contributed by atoms with van der Waals surface area (Å²) in [5.74, 6) is 0.0469. The van der Waals surface area contributed by atoms with Crippen LogP contribution in [0.15, 0.2) is 24.3 Å². The molecule has 0 saturated carbocycles. The van der Waals surface area contributed by atoms with Crippen molar-refractivity contribution >= 4 is 5.91 Å². The van der Waals surface area contributed by atoms with Gasteiger partial charge in [-0.15, -0.1) is 0 Å². The molecule has 4 heteroatoms. The van der Waals surface area contributed by atoms with Crippen LogP contribution in [0.25, 0.3) is 0 Å². The van der Waals surface area contributed by atoms with Crippen LogP contribution in [0.3, 0.4) is 0 Å². The summed E-state index contributed by atoms with van der Waals surface area (Å²) in [6.07, 6.45) is 2.08. The summed E-state index contributed by atoms with van der Waals surface area (Å²) < 4.78 is 4.95. The summed E-state index contributed by atoms with van der Waals surface area (Å²) in [7, 11) is 1.66. The molecule has 2 rings (SSSR count). The predicted molar refractivity (Wildman–Crippen MR) is 84.3 cm³/mol. The third kappa shape index (κ3) is 4.05. The highest BCUT2D eigenvalue weighted by Crippen LogP contribution is 2.41. The zero-order chi connectivity index (χ0) is 15.3. The van der Waals surface area contributed by atoms with Gasteiger partial charge in [-0.1, -0.05) is 38.1 Å². The number of nitrogens with one attached hydrogen (secondary N) is 2. The highest BCUT2D eigenvalue weighted by Gasteiger charge is 2.32. The molecule has 0 heterocycles. The van der Waals surface area contributed by atoms with Crippen molar-refractivity contribution in [3.8, 4) is 0 Å². The van der Waals surface area contributed by atoms with Crippen LogP contribution in [0.5, 0.6) is 0 Å². The number of carbonyl (C=O) groups is 1. The number of hydrogen-bond donors (Lipinski definition) is 2. The normalized spacial score (nSPS) is 19.9. The number of methoxy groups -OCH3 is 1. The number of amides is 1. The lowest BCUT2D eigenvalue weighted by molar-refractivity contribution is -0.121. The highest BCUT2D eigenvalue weighted by molar-refractivity contribution is 5.78. The zero-order valence-electron chi connectivity index (χ0n) is 13.2. The maximum absolute atomic E-state index is 12.0. The Hall–Kier alpha value is -1.39. The second-order valence-corrected chi connectivity index (χ2v) is 6.30. The summed E-state index contributed by atoms with van der Waals surface area (Å²) in [6.45, 7) is 6.20. The van der Waals surface area contributed by atoms with Gasteiger partial charge in [-0.05, 0) is 29.4 Å². The molecule has 21 heavy (non-hydrogen) atoms. The quantitative estimate of drug-likeness (QED) is 0.789. The van der Waals surface area contributed by atoms with Crippen molar-refractivity contribution in [1.29, 1.82) is 0 Å². The molecule has 2 N–H and O–H groups in total. The molecule has 4 nitrogen and oxygen atoms in total. The zero-order valence-corrected chi connectivity index (χ0v) is 13.2. The van der Waals surface area contributed by atoms with Crippen molar-refractivity contribution in [1.82, 2.24) is 10.6 Å². The van der Waals surface area contributed by atoms with Crippen LogP contribution in [0.2, 0.25) is 0 Å². The molecular weight excluding hydrogens is 264 g/mol. The Morgan fingerprint density at radius 2 is 2.14 bits per heavy atom. The van der Waals surface area contributed by atoms with E-state index >= 15 is 0 Å². The number of fused-ring (bicyclic) bond motifs is 1. The van der Waals surface area contributed by atoms with Crippen LogP contribution in [-0.4, -0.2) is 32.7 Å². The molecule has 1 aliphatic carbocycles. The van der Waals surface area contributed by atoms with E-state index in [1.165, 1.54) is 11.1 Å². The molecule has 0 saturated heterocycles. The molecule has 1 aromatic rings. The van der Waals surface area contributed by atoms with Gasteiger partial charge in [0.1, 0.15) is 0 Å². The molecule has 1 unspecified atom stereocenters. The Morgan fingerprint density at radius 3 is 2.90 bits per heavy atom. The van der Waals surface area contributed by atoms with E-state index in [0.717, 1.165) is 12.8 Å². The smallest absolute Gasteiger partial charge is 0.234 e. The molecule has 0 bridgehead atoms. The maximum atomic E-state index is 12.0. The van der Waals surface area contributed by atoms with Crippen molar-refractivity contribution < 1.29 is 9.53 Å². The molecule has 0 fully saturated rings. The van der Waals surface area contributed by atoms with Gasteiger partial charge >= 0.3 is 0 Å². The molecule has 1 aromatic carbocycles. The second-order valence-electron chi connectivity index (χ2n) is 6.30. The predicted octanol–water partition coefficient (Wildman–Crippen LogP) is 2.15. The van der Waals surface area contributed by atoms with Gasteiger partial charge in [-0.2, -0.15) is 0 Å². The average molecular weight is 290 g/mol. The van der Waals surface area contributed by atoms with Gasteiger partial charge in [0.25, 0.3) is 0 Å². The largest absolute Gasteiger partial charge is 0.383 e. The Bertz CT molecular complexity index is 485. The lowest BCUT2D eigenvalue weighted by Gasteiger charge is -2.37. The van der Waals surface area contributed by atoms with Gasteiger partial charge < -0.3 is 15.4 Å². The van der Waals surface area contributed by atoms with Crippen molar-refractivity contribution in [2.24, 2.45) is 0 Å². The first kappa shape index (κ1) is 16.0. The fourth-order valence-electron chi connectivity index (χ4n) is 2.98. The summed E-state index contributed by atoms with van der Waals surface area (Å²) in [4.78, 5) is 12.0. The van der Waals surface area contributed by atoms with E-state index in [2.05, 4.69) is 48.7 Å². The minimum Gasteiger partial charge on any atom is -0.383 e. The summed E-state index contributed by atoms with van der Waals surface area (Å²) in [6, 6.07) is 8.59. The van der Waals surface area contributed by atoms with Crippen molar-refractivity contribution in [3.63, 3.8) is 0 Å². The fraction of sp³-hybridized carbons (Fsp3) is 0.588. The Balaban J connectivity index is 1.97. The number of benzene rings is 1. The Morgan fingerprint density at radius 1 is 1.38 bits per heavy atom. The summed E-state index contributed by atoms with van der Waals surface area (Å²) >= 11 is 0. The minimum atomic E-state index is 0.0469. The second kappa shape index (κ2) is 7.05. The SMILES string of the molecule is COCCNCC(=O)NC1CCC(C)(C)c2ccccc21. The van der Waals surface area contributed by atoms with Crippen LogP contribution in [0.1, 0.15) is 43.9 Å². The third-order valence-corrected chi connectivity index (χ3v) is 4.23. The molecule has 0 spiro atoms. The van der Waals surface area contributed by atoms with E-state index in [-0.39, 0.29) is 17.4 Å². The van der Waals surface area contributed by atoms with Crippen LogP contribution in [0.4, 0.5) is 0 Å². The molecule has 1 atom stereocenters. The van der Waals surface area contributed by atoms with Crippen LogP contribution in [0, 0.1) is 0 Å². The molecule has 1 amide bonds. The van der Waals surface area contributed by atoms with Gasteiger partial charge in [0, 0.05) is 13.7 Å². The van der Waals surface area contributed by atoms with E-state index in [9.17, 15) is 4.79 Å². The lowest BCUT2D eigenvalue weighted by Crippen LogP contribution is -2.40. The van der Waals surface area contributed by atoms with Gasteiger partial charge in [0.15, 0.2) is 0 Å². The van der Waals surface area contributed by atoms with E-state index < -0.39 is 0 Å². The van der Waals surface area contributed by atoms with Gasteiger partial charge in [-0.25, -0.2) is 0 Å². The Labute approximate surface area is 127 Å². The van der Waals surface area contributed by atoms with Crippen molar-refractivity contribution in [2.75, 3.05) is 26.8 Å². The molecular formula is C17H26N2O2. The number of ether oxygens (including phenoxy) is 1. The first-order valence-electron chi connectivity index (χ1n) is 7.63. The monoisotopic (exact) mass is 290 g/mol. The van der Waals surface area contributed by atoms with Gasteiger partial charge in [0.05, 0.1) is 19.2 Å². The van der Waals surface area contributed by atoms with E-state index in [1.54, 1.807) is 7.11 Å². The maximum Gasteiger partial charge on any atom is 0.234 e. The van der Waals surface area contributed by atoms with Crippen molar-refractivity contribution in [2.45, 2.75) is 38.1 Å². The van der Waals surface area contributed by atoms with Crippen LogP contribution in [-0.2, 0) is 14.9 Å². The first-order valence-corrected chi connectivity index (χ1v) is 7.63. The Kier molecular flexibility index (Phi) is 5.37. The average Bonchev–Trinajstić information content (AvgIpc) is 2.47. The van der Waals surface area contributed by atoms with E-state index in [4.69, 9.17) is 4.74 Å². The molecule has 116 valence electrons. The third-order valence-electron chi connectivity index (χ3n) is 4.23. The minimum absolute atomic E-state index is 0.0469. The van der Waals surface area contributed by atoms with Crippen LogP contribution >= 0.6 is 0 Å². The van der Waals surface area contributed by atoms with E-state index in [0.29, 0.717) is 19.7 Å². The summed E-state index contributed by atoms with van der Waals surface area (Å²) in [5.41, 5.74) is 2.81. The number of carbonyl (C=O) groups excluding carboxylic acids is 1. The van der Waals surface area contributed by atoms with Crippen molar-refractivity contribution in [3.05, 3.63) is 35.4 Å². The standard InChI is InChI=1S/C17H26N2O2/c1-17(2)9-8-15(13-6-4-5-7-14(13)17)19-16(20)12-18-10-11-21-3/h4-7,15,18H,8-12H2,1-3H3,(H,19,20). The van der Waals surface area contributed by atoms with Gasteiger partial charge in [-0.3, -0.25) is 4.79 Å². The van der Waals surface area contributed by atoms with Gasteiger partial charge in [0.2, 0.25) is 5.91 Å². The molecule has 0 aromatic heterocycles. The van der Waals surface area contributed by atoms with E-state index in [1.807, 2.05) is 0 Å². The molecule has 0 radical (unpaired) electrons. The lowest BCUT2D eigenvalue weighted by atomic mass is 9.71. The molecule has 1 aliphatic rings. The summed E-state index contributed by atoms with van der Waals surface area (Å²) in [5, 5.41) is 6.23. The molecule has 0 aliphatic heterocycles. The highest BCUT2D eigenvalue weighted by atomic mass is 16.5.